The van der Waals surface area contributed by atoms with Crippen LogP contribution < -0.4 is 5.56 Å². The molecule has 1 heterocycles. The molecule has 1 aromatic carbocycles. The molecule has 0 spiro atoms. The summed E-state index contributed by atoms with van der Waals surface area (Å²) in [6.45, 7) is 1.72. The largest absolute Gasteiger partial charge is 0.465 e. The Hall–Kier alpha value is -2.06. The summed E-state index contributed by atoms with van der Waals surface area (Å²) in [5.41, 5.74) is -2.49. The number of hydrogen-bond donors (Lipinski definition) is 0. The summed E-state index contributed by atoms with van der Waals surface area (Å²) in [7, 11) is 0.943. The quantitative estimate of drug-likeness (QED) is 0.389. The molecule has 0 radical (unpaired) electrons. The highest BCUT2D eigenvalue weighted by Crippen LogP contribution is 2.31. The topological polar surface area (TPSA) is 48.3 Å². The Balaban J connectivity index is 2.52. The number of hydrogen-bond acceptors (Lipinski definition) is 3. The van der Waals surface area contributed by atoms with Crippen molar-refractivity contribution in [1.29, 1.82) is 0 Å². The maximum Gasteiger partial charge on any atom is 0.431 e. The van der Waals surface area contributed by atoms with Crippen LogP contribution in [-0.4, -0.2) is 22.5 Å². The van der Waals surface area contributed by atoms with Gasteiger partial charge < -0.3 is 9.30 Å². The van der Waals surface area contributed by atoms with Crippen LogP contribution in [0, 0.1) is 5.82 Å². The molecule has 28 heavy (non-hydrogen) atoms. The number of esters is 1. The Morgan fingerprint density at radius 2 is 1.89 bits per heavy atom. The summed E-state index contributed by atoms with van der Waals surface area (Å²) in [6.07, 6.45) is -4.85. The number of ether oxygens (including phenoxy) is 1. The van der Waals surface area contributed by atoms with Crippen molar-refractivity contribution in [3.05, 3.63) is 56.7 Å². The predicted molar refractivity (Wildman–Crippen MR) is 97.1 cm³/mol. The van der Waals surface area contributed by atoms with Gasteiger partial charge >= 0.3 is 12.1 Å². The molecule has 0 aliphatic rings. The van der Waals surface area contributed by atoms with Gasteiger partial charge in [-0.2, -0.15) is 13.2 Å². The first-order valence-electron chi connectivity index (χ1n) is 8.03. The normalized spacial score (nSPS) is 12.7. The maximum absolute atomic E-state index is 14.4. The molecule has 0 amide bonds. The molecule has 1 unspecified atom stereocenters. The SMILES string of the molecule is CCOC(=O)C(Cl)Cc1cc(-c2ccc(C(F)(F)F)n(C)c2=O)c(F)cc1Cl. The van der Waals surface area contributed by atoms with Gasteiger partial charge in [-0.15, -0.1) is 11.6 Å². The van der Waals surface area contributed by atoms with E-state index in [4.69, 9.17) is 27.9 Å². The minimum Gasteiger partial charge on any atom is -0.465 e. The van der Waals surface area contributed by atoms with Gasteiger partial charge in [0.1, 0.15) is 16.9 Å². The molecule has 0 aliphatic heterocycles. The van der Waals surface area contributed by atoms with Crippen molar-refractivity contribution in [3.63, 3.8) is 0 Å². The lowest BCUT2D eigenvalue weighted by Gasteiger charge is -2.15. The standard InChI is InChI=1S/C18H15Cl2F4NO3/c1-3-28-17(27)13(20)7-9-6-11(14(21)8-12(9)19)10-4-5-15(18(22,23)24)25(2)16(10)26/h4-6,8,13H,3,7H2,1-2H3. The van der Waals surface area contributed by atoms with Crippen molar-refractivity contribution in [2.45, 2.75) is 24.9 Å². The van der Waals surface area contributed by atoms with Crippen molar-refractivity contribution in [2.75, 3.05) is 6.61 Å². The zero-order valence-electron chi connectivity index (χ0n) is 14.7. The van der Waals surface area contributed by atoms with Gasteiger partial charge in [0.25, 0.3) is 5.56 Å². The Bertz CT molecular complexity index is 957. The Morgan fingerprint density at radius 3 is 2.46 bits per heavy atom. The fourth-order valence-electron chi connectivity index (χ4n) is 2.59. The molecule has 0 aliphatic carbocycles. The molecular formula is C18H15Cl2F4NO3. The van der Waals surface area contributed by atoms with Crippen LogP contribution in [-0.2, 0) is 29.2 Å². The molecular weight excluding hydrogens is 425 g/mol. The second kappa shape index (κ2) is 8.53. The summed E-state index contributed by atoms with van der Waals surface area (Å²) in [4.78, 5) is 24.0. The van der Waals surface area contributed by atoms with Gasteiger partial charge in [0.15, 0.2) is 0 Å². The molecule has 0 saturated carbocycles. The zero-order chi connectivity index (χ0) is 21.2. The number of aromatic nitrogens is 1. The average Bonchev–Trinajstić information content (AvgIpc) is 2.59. The number of nitrogens with zero attached hydrogens (tertiary/aromatic N) is 1. The van der Waals surface area contributed by atoms with E-state index < -0.39 is 34.6 Å². The van der Waals surface area contributed by atoms with Gasteiger partial charge in [-0.05, 0) is 36.8 Å². The van der Waals surface area contributed by atoms with Crippen molar-refractivity contribution in [1.82, 2.24) is 4.57 Å². The fourth-order valence-corrected chi connectivity index (χ4v) is 3.05. The number of halogens is 6. The lowest BCUT2D eigenvalue weighted by molar-refractivity contribution is -0.144. The summed E-state index contributed by atoms with van der Waals surface area (Å²) in [5.74, 6) is -1.59. The number of rotatable bonds is 5. The monoisotopic (exact) mass is 439 g/mol. The first-order valence-corrected chi connectivity index (χ1v) is 8.85. The maximum atomic E-state index is 14.4. The van der Waals surface area contributed by atoms with Crippen molar-refractivity contribution < 1.29 is 27.1 Å². The van der Waals surface area contributed by atoms with Gasteiger partial charge in [-0.25, -0.2) is 4.39 Å². The van der Waals surface area contributed by atoms with E-state index in [0.29, 0.717) is 10.6 Å². The van der Waals surface area contributed by atoms with Crippen LogP contribution >= 0.6 is 23.2 Å². The summed E-state index contributed by atoms with van der Waals surface area (Å²) in [5, 5.41) is -1.15. The molecule has 0 bridgehead atoms. The molecule has 1 atom stereocenters. The van der Waals surface area contributed by atoms with Gasteiger partial charge in [0.05, 0.1) is 12.2 Å². The predicted octanol–water partition coefficient (Wildman–Crippen LogP) is 4.58. The molecule has 4 nitrogen and oxygen atoms in total. The Kier molecular flexibility index (Phi) is 6.77. The number of alkyl halides is 4. The third kappa shape index (κ3) is 4.67. The number of benzene rings is 1. The molecule has 0 fully saturated rings. The lowest BCUT2D eigenvalue weighted by Crippen LogP contribution is -2.26. The van der Waals surface area contributed by atoms with Crippen molar-refractivity contribution in [3.8, 4) is 11.1 Å². The molecule has 0 N–H and O–H groups in total. The van der Waals surface area contributed by atoms with E-state index in [0.717, 1.165) is 19.2 Å². The van der Waals surface area contributed by atoms with Gasteiger partial charge in [-0.3, -0.25) is 9.59 Å². The second-order valence-electron chi connectivity index (χ2n) is 5.84. The van der Waals surface area contributed by atoms with Gasteiger partial charge in [-0.1, -0.05) is 11.6 Å². The highest BCUT2D eigenvalue weighted by atomic mass is 35.5. The molecule has 2 aromatic rings. The highest BCUT2D eigenvalue weighted by molar-refractivity contribution is 6.32. The van der Waals surface area contributed by atoms with Crippen LogP contribution in [0.15, 0.2) is 29.1 Å². The molecule has 10 heteroatoms. The smallest absolute Gasteiger partial charge is 0.431 e. The van der Waals surface area contributed by atoms with E-state index in [1.807, 2.05) is 0 Å². The van der Waals surface area contributed by atoms with Crippen LogP contribution in [0.25, 0.3) is 11.1 Å². The first kappa shape index (κ1) is 22.2. The zero-order valence-corrected chi connectivity index (χ0v) is 16.3. The summed E-state index contributed by atoms with van der Waals surface area (Å²) < 4.78 is 58.4. The minimum absolute atomic E-state index is 0.0417. The first-order chi connectivity index (χ1) is 13.0. The highest BCUT2D eigenvalue weighted by Gasteiger charge is 2.34. The van der Waals surface area contributed by atoms with Crippen LogP contribution in [0.4, 0.5) is 17.6 Å². The van der Waals surface area contributed by atoms with Crippen molar-refractivity contribution >= 4 is 29.2 Å². The van der Waals surface area contributed by atoms with E-state index in [9.17, 15) is 27.2 Å². The number of carbonyl (C=O) groups excluding carboxylic acids is 1. The molecule has 2 rings (SSSR count). The molecule has 0 saturated heterocycles. The van der Waals surface area contributed by atoms with Crippen LogP contribution in [0.3, 0.4) is 0 Å². The summed E-state index contributed by atoms with van der Waals surface area (Å²) in [6, 6.07) is 3.69. The van der Waals surface area contributed by atoms with E-state index in [1.54, 1.807) is 6.92 Å². The molecule has 152 valence electrons. The Morgan fingerprint density at radius 1 is 1.25 bits per heavy atom. The van der Waals surface area contributed by atoms with E-state index in [2.05, 4.69) is 0 Å². The Labute approximate surface area is 167 Å². The third-order valence-electron chi connectivity index (χ3n) is 3.96. The summed E-state index contributed by atoms with van der Waals surface area (Å²) >= 11 is 12.0. The number of pyridine rings is 1. The number of carbonyl (C=O) groups is 1. The van der Waals surface area contributed by atoms with Crippen LogP contribution in [0.2, 0.25) is 5.02 Å². The van der Waals surface area contributed by atoms with E-state index in [1.165, 1.54) is 6.07 Å². The van der Waals surface area contributed by atoms with E-state index in [-0.39, 0.29) is 34.7 Å². The van der Waals surface area contributed by atoms with Gasteiger partial charge in [0, 0.05) is 24.1 Å². The van der Waals surface area contributed by atoms with Gasteiger partial charge in [0.2, 0.25) is 0 Å². The molecule has 1 aromatic heterocycles. The second-order valence-corrected chi connectivity index (χ2v) is 6.78. The fraction of sp³-hybridized carbons (Fsp3) is 0.333. The van der Waals surface area contributed by atoms with E-state index >= 15 is 0 Å². The average molecular weight is 440 g/mol. The van der Waals surface area contributed by atoms with Crippen LogP contribution in [0.1, 0.15) is 18.2 Å². The minimum atomic E-state index is -4.73. The van der Waals surface area contributed by atoms with Crippen LogP contribution in [0.5, 0.6) is 0 Å². The van der Waals surface area contributed by atoms with Crippen molar-refractivity contribution in [2.24, 2.45) is 7.05 Å². The third-order valence-corrected chi connectivity index (χ3v) is 4.65. The lowest BCUT2D eigenvalue weighted by atomic mass is 10.0.